The quantitative estimate of drug-likeness (QED) is 0.777. The summed E-state index contributed by atoms with van der Waals surface area (Å²) in [5, 5.41) is 0.342. The van der Waals surface area contributed by atoms with Crippen LogP contribution in [-0.2, 0) is 9.53 Å². The minimum atomic E-state index is -0.776. The molecule has 0 aliphatic heterocycles. The summed E-state index contributed by atoms with van der Waals surface area (Å²) in [5.74, 6) is -0.656. The molecule has 142 valence electrons. The van der Waals surface area contributed by atoms with E-state index in [0.29, 0.717) is 32.9 Å². The number of fused-ring (bicyclic) bond motifs is 1. The molecule has 0 aromatic carbocycles. The highest BCUT2D eigenvalue weighted by atomic mass is 32.1. The molecule has 1 amide bonds. The standard InChI is InChI=1S/C18H25N3O4S/c1-7-11(14(19)22)21-15(8(2)3)20-16-12(17(21)23)10(6)13(26-16)18(24)25-9(4)5/h8-9,11H,7H2,1-6H3,(H2,19,22). The van der Waals surface area contributed by atoms with E-state index in [1.807, 2.05) is 13.8 Å². The summed E-state index contributed by atoms with van der Waals surface area (Å²) in [6.07, 6.45) is 0.121. The molecule has 1 unspecified atom stereocenters. The van der Waals surface area contributed by atoms with Crippen molar-refractivity contribution in [2.75, 3.05) is 0 Å². The summed E-state index contributed by atoms with van der Waals surface area (Å²) >= 11 is 1.14. The van der Waals surface area contributed by atoms with E-state index in [1.165, 1.54) is 4.57 Å². The molecule has 0 radical (unpaired) electrons. The number of thiophene rings is 1. The van der Waals surface area contributed by atoms with Gasteiger partial charge < -0.3 is 10.5 Å². The lowest BCUT2D eigenvalue weighted by Gasteiger charge is -2.20. The van der Waals surface area contributed by atoms with Gasteiger partial charge in [-0.05, 0) is 32.8 Å². The number of rotatable bonds is 6. The van der Waals surface area contributed by atoms with Crippen LogP contribution in [0.2, 0.25) is 0 Å². The predicted octanol–water partition coefficient (Wildman–Crippen LogP) is 2.89. The van der Waals surface area contributed by atoms with Gasteiger partial charge in [0.2, 0.25) is 5.91 Å². The van der Waals surface area contributed by atoms with Gasteiger partial charge in [0.1, 0.15) is 21.6 Å². The molecule has 7 nitrogen and oxygen atoms in total. The van der Waals surface area contributed by atoms with Gasteiger partial charge in [0.25, 0.3) is 5.56 Å². The first-order valence-electron chi connectivity index (χ1n) is 8.65. The van der Waals surface area contributed by atoms with Crippen LogP contribution in [0.5, 0.6) is 0 Å². The molecule has 2 aromatic heterocycles. The number of aryl methyl sites for hydroxylation is 1. The molecule has 26 heavy (non-hydrogen) atoms. The Morgan fingerprint density at radius 1 is 1.27 bits per heavy atom. The SMILES string of the molecule is CCC(C(N)=O)n1c(C(C)C)nc2sc(C(=O)OC(C)C)c(C)c2c1=O. The van der Waals surface area contributed by atoms with E-state index in [1.54, 1.807) is 27.7 Å². The van der Waals surface area contributed by atoms with E-state index in [-0.39, 0.29) is 17.6 Å². The molecule has 2 rings (SSSR count). The number of esters is 1. The second kappa shape index (κ2) is 7.57. The Balaban J connectivity index is 2.82. The molecule has 0 spiro atoms. The van der Waals surface area contributed by atoms with Crippen LogP contribution in [0.25, 0.3) is 10.2 Å². The fourth-order valence-electron chi connectivity index (χ4n) is 2.89. The molecule has 0 aliphatic rings. The Morgan fingerprint density at radius 2 is 1.88 bits per heavy atom. The summed E-state index contributed by atoms with van der Waals surface area (Å²) in [4.78, 5) is 42.8. The summed E-state index contributed by atoms with van der Waals surface area (Å²) in [7, 11) is 0. The topological polar surface area (TPSA) is 104 Å². The second-order valence-electron chi connectivity index (χ2n) is 6.82. The van der Waals surface area contributed by atoms with Crippen molar-refractivity contribution in [2.24, 2.45) is 5.73 Å². The molecule has 8 heteroatoms. The smallest absolute Gasteiger partial charge is 0.348 e. The summed E-state index contributed by atoms with van der Waals surface area (Å²) in [6.45, 7) is 10.8. The van der Waals surface area contributed by atoms with Crippen molar-refractivity contribution < 1.29 is 14.3 Å². The molecular formula is C18H25N3O4S. The third kappa shape index (κ3) is 3.51. The number of carbonyl (C=O) groups excluding carboxylic acids is 2. The lowest BCUT2D eigenvalue weighted by molar-refractivity contribution is -0.121. The minimum absolute atomic E-state index is 0.0889. The van der Waals surface area contributed by atoms with E-state index in [0.717, 1.165) is 11.3 Å². The van der Waals surface area contributed by atoms with E-state index in [2.05, 4.69) is 4.98 Å². The van der Waals surface area contributed by atoms with Gasteiger partial charge in [-0.3, -0.25) is 14.2 Å². The Morgan fingerprint density at radius 3 is 2.35 bits per heavy atom. The Kier molecular flexibility index (Phi) is 5.85. The van der Waals surface area contributed by atoms with Gasteiger partial charge in [0, 0.05) is 5.92 Å². The molecule has 0 saturated carbocycles. The fraction of sp³-hybridized carbons (Fsp3) is 0.556. The molecule has 0 fully saturated rings. The van der Waals surface area contributed by atoms with Crippen LogP contribution >= 0.6 is 11.3 Å². The first-order valence-corrected chi connectivity index (χ1v) is 9.47. The van der Waals surface area contributed by atoms with Crippen molar-refractivity contribution in [2.45, 2.75) is 66.0 Å². The van der Waals surface area contributed by atoms with Gasteiger partial charge in [0.15, 0.2) is 0 Å². The maximum absolute atomic E-state index is 13.2. The Hall–Kier alpha value is -2.22. The molecule has 0 aliphatic carbocycles. The highest BCUT2D eigenvalue weighted by molar-refractivity contribution is 7.20. The van der Waals surface area contributed by atoms with E-state index < -0.39 is 17.9 Å². The zero-order valence-electron chi connectivity index (χ0n) is 16.0. The number of carbonyl (C=O) groups is 2. The summed E-state index contributed by atoms with van der Waals surface area (Å²) in [5.41, 5.74) is 5.69. The van der Waals surface area contributed by atoms with E-state index >= 15 is 0 Å². The van der Waals surface area contributed by atoms with Crippen LogP contribution in [0.15, 0.2) is 4.79 Å². The largest absolute Gasteiger partial charge is 0.459 e. The van der Waals surface area contributed by atoms with Crippen molar-refractivity contribution in [1.29, 1.82) is 0 Å². The van der Waals surface area contributed by atoms with Crippen molar-refractivity contribution in [3.05, 3.63) is 26.6 Å². The molecule has 2 heterocycles. The zero-order chi connectivity index (χ0) is 19.8. The number of nitrogens with two attached hydrogens (primary N) is 1. The zero-order valence-corrected chi connectivity index (χ0v) is 16.8. The van der Waals surface area contributed by atoms with Crippen molar-refractivity contribution in [3.8, 4) is 0 Å². The Labute approximate surface area is 156 Å². The van der Waals surface area contributed by atoms with E-state index in [9.17, 15) is 14.4 Å². The highest BCUT2D eigenvalue weighted by Gasteiger charge is 2.27. The number of primary amides is 1. The fourth-order valence-corrected chi connectivity index (χ4v) is 3.95. The van der Waals surface area contributed by atoms with Gasteiger partial charge in [-0.1, -0.05) is 20.8 Å². The van der Waals surface area contributed by atoms with Crippen LogP contribution < -0.4 is 11.3 Å². The number of hydrogen-bond acceptors (Lipinski definition) is 6. The average molecular weight is 379 g/mol. The van der Waals surface area contributed by atoms with Crippen LogP contribution in [0.4, 0.5) is 0 Å². The first-order chi connectivity index (χ1) is 12.1. The lowest BCUT2D eigenvalue weighted by atomic mass is 10.1. The molecule has 0 bridgehead atoms. The monoisotopic (exact) mass is 379 g/mol. The second-order valence-corrected chi connectivity index (χ2v) is 7.82. The first kappa shape index (κ1) is 20.1. The van der Waals surface area contributed by atoms with Crippen LogP contribution in [0.1, 0.15) is 74.1 Å². The third-order valence-corrected chi connectivity index (χ3v) is 5.26. The summed E-state index contributed by atoms with van der Waals surface area (Å²) < 4.78 is 6.64. The van der Waals surface area contributed by atoms with Gasteiger partial charge in [-0.2, -0.15) is 0 Å². The maximum atomic E-state index is 13.2. The number of amides is 1. The van der Waals surface area contributed by atoms with Crippen molar-refractivity contribution in [1.82, 2.24) is 9.55 Å². The normalized spacial score (nSPS) is 12.8. The van der Waals surface area contributed by atoms with Crippen LogP contribution in [0.3, 0.4) is 0 Å². The van der Waals surface area contributed by atoms with Crippen molar-refractivity contribution in [3.63, 3.8) is 0 Å². The molecule has 2 N–H and O–H groups in total. The van der Waals surface area contributed by atoms with Gasteiger partial charge in [0.05, 0.1) is 11.5 Å². The molecule has 2 aromatic rings. The lowest BCUT2D eigenvalue weighted by Crippen LogP contribution is -2.36. The van der Waals surface area contributed by atoms with Gasteiger partial charge >= 0.3 is 5.97 Å². The Bertz CT molecular complexity index is 911. The molecular weight excluding hydrogens is 354 g/mol. The highest BCUT2D eigenvalue weighted by Crippen LogP contribution is 2.30. The number of nitrogens with zero attached hydrogens (tertiary/aromatic N) is 2. The van der Waals surface area contributed by atoms with Crippen molar-refractivity contribution >= 4 is 33.4 Å². The molecule has 1 atom stereocenters. The maximum Gasteiger partial charge on any atom is 0.348 e. The number of aromatic nitrogens is 2. The summed E-state index contributed by atoms with van der Waals surface area (Å²) in [6, 6.07) is -0.776. The number of hydrogen-bond donors (Lipinski definition) is 1. The minimum Gasteiger partial charge on any atom is -0.459 e. The average Bonchev–Trinajstić information content (AvgIpc) is 2.86. The van der Waals surface area contributed by atoms with Crippen LogP contribution in [-0.4, -0.2) is 27.5 Å². The predicted molar refractivity (Wildman–Crippen MR) is 102 cm³/mol. The van der Waals surface area contributed by atoms with Gasteiger partial charge in [-0.15, -0.1) is 11.3 Å². The van der Waals surface area contributed by atoms with Crippen LogP contribution in [0, 0.1) is 6.92 Å². The van der Waals surface area contributed by atoms with Gasteiger partial charge in [-0.25, -0.2) is 9.78 Å². The molecule has 0 saturated heterocycles. The van der Waals surface area contributed by atoms with E-state index in [4.69, 9.17) is 10.5 Å². The number of ether oxygens (including phenoxy) is 1. The third-order valence-electron chi connectivity index (χ3n) is 4.10.